The standard InChI is InChI=1S/C51H62F3N7O9S/c1-49(2,3)45(46(66)59-31-38(62)28-41(59)42(63)21-14-34-13-16-37(30-56-34)58-22-9-11-44(58)65)57-43(64)32-69-25-10-24-68-23-7-6-8-26-70-39-19-17-35(18-20-39)61-48(71)60(47(67)50(61,4)5)36-15-12-33(29-55)40(27-36)51(52,53)54/h12-13,15-20,27,30,38,41,45,62H,6-11,14,21-26,28,31-32H2,1-5H3,(H,57,64)/t38-,41+,45-/m1/s1. The molecular weight excluding hydrogens is 944 g/mol. The van der Waals surface area contributed by atoms with Gasteiger partial charge < -0.3 is 39.3 Å². The first-order valence-corrected chi connectivity index (χ1v) is 24.3. The molecule has 20 heteroatoms. The van der Waals surface area contributed by atoms with Crippen LogP contribution < -0.4 is 24.8 Å². The molecule has 4 heterocycles. The second-order valence-corrected chi connectivity index (χ2v) is 19.8. The van der Waals surface area contributed by atoms with Crippen LogP contribution in [-0.4, -0.2) is 119 Å². The van der Waals surface area contributed by atoms with E-state index in [1.54, 1.807) is 66.2 Å². The van der Waals surface area contributed by atoms with Crippen LogP contribution in [0.1, 0.15) is 103 Å². The summed E-state index contributed by atoms with van der Waals surface area (Å²) in [6.07, 6.45) is 0.736. The zero-order valence-corrected chi connectivity index (χ0v) is 41.6. The third kappa shape index (κ3) is 13.5. The number of hydrogen-bond donors (Lipinski definition) is 2. The molecule has 16 nitrogen and oxygen atoms in total. The second kappa shape index (κ2) is 23.5. The van der Waals surface area contributed by atoms with E-state index in [0.29, 0.717) is 62.8 Å². The number of thiocarbonyl (C=S) groups is 1. The Bertz CT molecular complexity index is 2460. The van der Waals surface area contributed by atoms with E-state index in [1.165, 1.54) is 11.0 Å². The Morgan fingerprint density at radius 2 is 1.62 bits per heavy atom. The van der Waals surface area contributed by atoms with Crippen LogP contribution in [-0.2, 0) is 46.0 Å². The number of halogens is 3. The Balaban J connectivity index is 0.848. The minimum absolute atomic E-state index is 0.00170. The molecule has 2 N–H and O–H groups in total. The number of carbonyl (C=O) groups excluding carboxylic acids is 5. The Kier molecular flexibility index (Phi) is 18.0. The van der Waals surface area contributed by atoms with E-state index in [4.69, 9.17) is 26.4 Å². The highest BCUT2D eigenvalue weighted by Crippen LogP contribution is 2.40. The smallest absolute Gasteiger partial charge is 0.417 e. The van der Waals surface area contributed by atoms with Crippen molar-refractivity contribution in [2.45, 2.75) is 122 Å². The molecule has 3 aliphatic heterocycles. The summed E-state index contributed by atoms with van der Waals surface area (Å²) >= 11 is 5.62. The largest absolute Gasteiger partial charge is 0.494 e. The van der Waals surface area contributed by atoms with E-state index < -0.39 is 64.2 Å². The number of β-amino-alcohol motifs (C(OH)–C–C–N with tert-alkyl or cyclic N) is 1. The van der Waals surface area contributed by atoms with Crippen LogP contribution in [0.3, 0.4) is 0 Å². The Labute approximate surface area is 417 Å². The maximum atomic E-state index is 13.9. The second-order valence-electron chi connectivity index (χ2n) is 19.5. The molecule has 0 saturated carbocycles. The lowest BCUT2D eigenvalue weighted by atomic mass is 9.85. The summed E-state index contributed by atoms with van der Waals surface area (Å²) in [7, 11) is 0. The predicted molar refractivity (Wildman–Crippen MR) is 262 cm³/mol. The molecule has 2 aromatic carbocycles. The highest BCUT2D eigenvalue weighted by Gasteiger charge is 2.51. The number of nitrogens with one attached hydrogen (secondary N) is 1. The van der Waals surface area contributed by atoms with Gasteiger partial charge in [-0.25, -0.2) is 0 Å². The fourth-order valence-electron chi connectivity index (χ4n) is 8.80. The summed E-state index contributed by atoms with van der Waals surface area (Å²) < 4.78 is 58.3. The van der Waals surface area contributed by atoms with Gasteiger partial charge in [0.15, 0.2) is 10.9 Å². The first-order valence-electron chi connectivity index (χ1n) is 23.9. The number of likely N-dealkylation sites (tertiary alicyclic amines) is 1. The van der Waals surface area contributed by atoms with Crippen molar-refractivity contribution >= 4 is 63.8 Å². The van der Waals surface area contributed by atoms with Gasteiger partial charge in [0.1, 0.15) is 23.9 Å². The lowest BCUT2D eigenvalue weighted by Gasteiger charge is -2.35. The number of benzene rings is 2. The number of hydrogen-bond acceptors (Lipinski definition) is 12. The first kappa shape index (κ1) is 54.3. The number of Topliss-reactive ketones (excluding diaryl/α,β-unsaturated/α-hetero) is 1. The Hall–Kier alpha value is -6.01. The van der Waals surface area contributed by atoms with Crippen LogP contribution in [0.2, 0.25) is 0 Å². The average Bonchev–Trinajstić information content (AvgIpc) is 3.99. The van der Waals surface area contributed by atoms with Crippen LogP contribution >= 0.6 is 12.2 Å². The van der Waals surface area contributed by atoms with E-state index >= 15 is 0 Å². The molecule has 382 valence electrons. The topological polar surface area (TPSA) is 195 Å². The molecule has 3 aromatic rings. The number of amides is 4. The number of aryl methyl sites for hydroxylation is 1. The van der Waals surface area contributed by atoms with E-state index in [9.17, 15) is 47.5 Å². The summed E-state index contributed by atoms with van der Waals surface area (Å²) in [4.78, 5) is 76.2. The van der Waals surface area contributed by atoms with Gasteiger partial charge in [0.25, 0.3) is 5.91 Å². The van der Waals surface area contributed by atoms with Gasteiger partial charge in [-0.15, -0.1) is 0 Å². The summed E-state index contributed by atoms with van der Waals surface area (Å²) in [5.41, 5.74) is -1.79. The van der Waals surface area contributed by atoms with Crippen LogP contribution in [0.15, 0.2) is 60.8 Å². The van der Waals surface area contributed by atoms with Crippen molar-refractivity contribution < 1.29 is 56.5 Å². The van der Waals surface area contributed by atoms with Gasteiger partial charge in [-0.2, -0.15) is 18.4 Å². The Morgan fingerprint density at radius 1 is 0.944 bits per heavy atom. The average molecular weight is 1010 g/mol. The van der Waals surface area contributed by atoms with E-state index in [1.807, 2.05) is 26.8 Å². The molecule has 3 atom stereocenters. The number of alkyl halides is 3. The molecule has 6 rings (SSSR count). The maximum Gasteiger partial charge on any atom is 0.417 e. The van der Waals surface area contributed by atoms with Crippen molar-refractivity contribution in [3.05, 3.63) is 77.6 Å². The summed E-state index contributed by atoms with van der Waals surface area (Å²) in [5, 5.41) is 22.5. The van der Waals surface area contributed by atoms with Gasteiger partial charge in [0.05, 0.1) is 53.5 Å². The molecule has 0 bridgehead atoms. The van der Waals surface area contributed by atoms with Crippen molar-refractivity contribution in [2.24, 2.45) is 5.41 Å². The van der Waals surface area contributed by atoms with Crippen LogP contribution in [0.5, 0.6) is 5.75 Å². The van der Waals surface area contributed by atoms with Gasteiger partial charge in [-0.3, -0.25) is 33.9 Å². The maximum absolute atomic E-state index is 13.9. The molecule has 3 aliphatic rings. The normalized spacial score (nSPS) is 18.6. The molecule has 1 aromatic heterocycles. The van der Waals surface area contributed by atoms with Gasteiger partial charge in [0.2, 0.25) is 17.7 Å². The SMILES string of the molecule is CC(C)(C)[C@H](NC(=O)COCCCOCCCCCOc1ccc(N2C(=S)N(c3ccc(C#N)c(C(F)(F)F)c3)C(=O)C2(C)C)cc1)C(=O)N1C[C@H](O)C[C@H]1C(=O)CCc1ccc(N2CCCC2=O)cn1. The van der Waals surface area contributed by atoms with E-state index in [0.717, 1.165) is 48.4 Å². The van der Waals surface area contributed by atoms with Gasteiger partial charge >= 0.3 is 6.18 Å². The number of aliphatic hydroxyl groups is 1. The molecule has 71 heavy (non-hydrogen) atoms. The lowest BCUT2D eigenvalue weighted by Crippen LogP contribution is -2.57. The van der Waals surface area contributed by atoms with Crippen molar-refractivity contribution in [3.8, 4) is 11.8 Å². The quantitative estimate of drug-likeness (QED) is 0.0800. The van der Waals surface area contributed by atoms with Crippen molar-refractivity contribution in [1.82, 2.24) is 15.2 Å². The van der Waals surface area contributed by atoms with Crippen LogP contribution in [0.4, 0.5) is 30.2 Å². The number of ether oxygens (including phenoxy) is 3. The van der Waals surface area contributed by atoms with E-state index in [-0.39, 0.29) is 55.1 Å². The van der Waals surface area contributed by atoms with Crippen LogP contribution in [0.25, 0.3) is 0 Å². The van der Waals surface area contributed by atoms with Crippen LogP contribution in [0, 0.1) is 16.7 Å². The molecule has 4 amide bonds. The van der Waals surface area contributed by atoms with Crippen molar-refractivity contribution in [1.29, 1.82) is 5.26 Å². The van der Waals surface area contributed by atoms with Gasteiger partial charge in [-0.05, 0) is 125 Å². The van der Waals surface area contributed by atoms with Gasteiger partial charge in [-0.1, -0.05) is 20.8 Å². The zero-order valence-electron chi connectivity index (χ0n) is 40.8. The van der Waals surface area contributed by atoms with Crippen molar-refractivity contribution in [2.75, 3.05) is 60.8 Å². The fraction of sp³-hybridized carbons (Fsp3) is 0.529. The summed E-state index contributed by atoms with van der Waals surface area (Å²) in [5.74, 6) is -1.01. The summed E-state index contributed by atoms with van der Waals surface area (Å²) in [6, 6.07) is 13.3. The molecule has 0 aliphatic carbocycles. The third-order valence-electron chi connectivity index (χ3n) is 12.6. The summed E-state index contributed by atoms with van der Waals surface area (Å²) in [6.45, 7) is 10.7. The number of aliphatic hydroxyl groups excluding tert-OH is 1. The highest BCUT2D eigenvalue weighted by molar-refractivity contribution is 7.81. The number of ketones is 1. The number of carbonyl (C=O) groups is 5. The molecule has 0 unspecified atom stereocenters. The predicted octanol–water partition coefficient (Wildman–Crippen LogP) is 6.68. The fourth-order valence-corrected chi connectivity index (χ4v) is 9.32. The number of anilines is 3. The molecule has 3 saturated heterocycles. The number of nitrogens with zero attached hydrogens (tertiary/aromatic N) is 6. The minimum Gasteiger partial charge on any atom is -0.494 e. The molecular formula is C51H62F3N7O9S. The number of pyridine rings is 1. The van der Waals surface area contributed by atoms with Gasteiger partial charge in [0, 0.05) is 63.6 Å². The number of unbranched alkanes of at least 4 members (excludes halogenated alkanes) is 2. The Morgan fingerprint density at radius 3 is 2.27 bits per heavy atom. The number of aromatic nitrogens is 1. The zero-order chi connectivity index (χ0) is 51.7. The minimum atomic E-state index is -4.80. The van der Waals surface area contributed by atoms with Crippen molar-refractivity contribution in [3.63, 3.8) is 0 Å². The highest BCUT2D eigenvalue weighted by atomic mass is 32.1. The third-order valence-corrected chi connectivity index (χ3v) is 13.0. The van der Waals surface area contributed by atoms with E-state index in [2.05, 4.69) is 10.3 Å². The molecule has 0 radical (unpaired) electrons. The number of nitriles is 1. The monoisotopic (exact) mass is 1010 g/mol. The lowest BCUT2D eigenvalue weighted by molar-refractivity contribution is -0.144. The first-order chi connectivity index (χ1) is 33.6. The molecule has 0 spiro atoms. The molecule has 3 fully saturated rings. The number of rotatable bonds is 22.